The molecule has 2 N–H and O–H groups in total. The largest absolute Gasteiger partial charge is 0.388 e. The molecule has 0 bridgehead atoms. The Hall–Kier alpha value is -0.630. The van der Waals surface area contributed by atoms with Crippen molar-refractivity contribution in [3.05, 3.63) is 38.3 Å². The average Bonchev–Trinajstić information content (AvgIpc) is 2.30. The molecule has 5 nitrogen and oxygen atoms in total. The SMILES string of the molecule is CSCC(C)(O)CNCc1ccc([N+](=O)[O-])cc1Br. The van der Waals surface area contributed by atoms with Crippen molar-refractivity contribution in [3.8, 4) is 0 Å². The maximum Gasteiger partial charge on any atom is 0.270 e. The highest BCUT2D eigenvalue weighted by Crippen LogP contribution is 2.23. The number of hydrogen-bond acceptors (Lipinski definition) is 5. The second kappa shape index (κ2) is 7.23. The lowest BCUT2D eigenvalue weighted by molar-refractivity contribution is -0.384. The molecule has 1 aromatic rings. The first-order valence-electron chi connectivity index (χ1n) is 5.70. The predicted molar refractivity (Wildman–Crippen MR) is 81.5 cm³/mol. The molecule has 1 rings (SSSR count). The zero-order chi connectivity index (χ0) is 14.5. The molecule has 1 aromatic carbocycles. The van der Waals surface area contributed by atoms with Gasteiger partial charge in [0.15, 0.2) is 0 Å². The molecule has 19 heavy (non-hydrogen) atoms. The minimum Gasteiger partial charge on any atom is -0.388 e. The van der Waals surface area contributed by atoms with Crippen molar-refractivity contribution in [2.75, 3.05) is 18.6 Å². The van der Waals surface area contributed by atoms with Crippen molar-refractivity contribution in [2.24, 2.45) is 0 Å². The third-order valence-corrected chi connectivity index (χ3v) is 4.17. The molecule has 0 saturated carbocycles. The summed E-state index contributed by atoms with van der Waals surface area (Å²) in [6.07, 6.45) is 1.95. The van der Waals surface area contributed by atoms with Crippen LogP contribution in [-0.4, -0.2) is 34.2 Å². The van der Waals surface area contributed by atoms with E-state index in [1.807, 2.05) is 6.26 Å². The Morgan fingerprint density at radius 3 is 2.79 bits per heavy atom. The van der Waals surface area contributed by atoms with Gasteiger partial charge in [0, 0.05) is 35.4 Å². The molecule has 7 heteroatoms. The second-order valence-electron chi connectivity index (χ2n) is 4.57. The Balaban J connectivity index is 2.57. The number of nitro groups is 1. The van der Waals surface area contributed by atoms with Gasteiger partial charge in [-0.2, -0.15) is 11.8 Å². The molecule has 1 atom stereocenters. The van der Waals surface area contributed by atoms with Crippen LogP contribution in [0.1, 0.15) is 12.5 Å². The molecule has 1 unspecified atom stereocenters. The van der Waals surface area contributed by atoms with E-state index < -0.39 is 10.5 Å². The van der Waals surface area contributed by atoms with Crippen molar-refractivity contribution in [1.82, 2.24) is 5.32 Å². The summed E-state index contributed by atoms with van der Waals surface area (Å²) in [5.41, 5.74) is 0.225. The molecule has 0 radical (unpaired) electrons. The van der Waals surface area contributed by atoms with Crippen molar-refractivity contribution >= 4 is 33.4 Å². The number of non-ortho nitro benzene ring substituents is 1. The van der Waals surface area contributed by atoms with E-state index >= 15 is 0 Å². The number of halogens is 1. The fourth-order valence-electron chi connectivity index (χ4n) is 1.62. The highest BCUT2D eigenvalue weighted by molar-refractivity contribution is 9.10. The lowest BCUT2D eigenvalue weighted by atomic mass is 10.1. The third kappa shape index (κ3) is 5.48. The van der Waals surface area contributed by atoms with Gasteiger partial charge in [-0.3, -0.25) is 10.1 Å². The maximum absolute atomic E-state index is 10.6. The van der Waals surface area contributed by atoms with Gasteiger partial charge in [-0.15, -0.1) is 0 Å². The zero-order valence-electron chi connectivity index (χ0n) is 10.9. The summed E-state index contributed by atoms with van der Waals surface area (Å²) in [7, 11) is 0. The fourth-order valence-corrected chi connectivity index (χ4v) is 2.85. The molecule has 0 aliphatic carbocycles. The first-order valence-corrected chi connectivity index (χ1v) is 7.89. The van der Waals surface area contributed by atoms with Gasteiger partial charge in [-0.1, -0.05) is 15.9 Å². The van der Waals surface area contributed by atoms with E-state index in [2.05, 4.69) is 21.2 Å². The van der Waals surface area contributed by atoms with Crippen LogP contribution in [0, 0.1) is 10.1 Å². The number of hydrogen-bond donors (Lipinski definition) is 2. The first kappa shape index (κ1) is 16.4. The monoisotopic (exact) mass is 348 g/mol. The van der Waals surface area contributed by atoms with E-state index in [4.69, 9.17) is 0 Å². The van der Waals surface area contributed by atoms with Gasteiger partial charge in [-0.05, 0) is 24.8 Å². The van der Waals surface area contributed by atoms with Gasteiger partial charge >= 0.3 is 0 Å². The lowest BCUT2D eigenvalue weighted by Gasteiger charge is -2.22. The van der Waals surface area contributed by atoms with Crippen LogP contribution in [0.25, 0.3) is 0 Å². The van der Waals surface area contributed by atoms with Crippen LogP contribution in [0.3, 0.4) is 0 Å². The molecular formula is C12H17BrN2O3S. The van der Waals surface area contributed by atoms with E-state index in [9.17, 15) is 15.2 Å². The first-order chi connectivity index (χ1) is 8.85. The maximum atomic E-state index is 10.6. The zero-order valence-corrected chi connectivity index (χ0v) is 13.3. The Bertz CT molecular complexity index is 455. The summed E-state index contributed by atoms with van der Waals surface area (Å²) in [6, 6.07) is 4.66. The van der Waals surface area contributed by atoms with Gasteiger partial charge in [-0.25, -0.2) is 0 Å². The van der Waals surface area contributed by atoms with Crippen molar-refractivity contribution in [2.45, 2.75) is 19.1 Å². The highest BCUT2D eigenvalue weighted by atomic mass is 79.9. The number of thioether (sulfide) groups is 1. The van der Waals surface area contributed by atoms with E-state index in [1.54, 1.807) is 24.8 Å². The van der Waals surface area contributed by atoms with E-state index in [0.717, 1.165) is 5.56 Å². The Labute approximate surface area is 125 Å². The van der Waals surface area contributed by atoms with Crippen LogP contribution in [0.15, 0.2) is 22.7 Å². The Morgan fingerprint density at radius 2 is 2.26 bits per heavy atom. The minimum atomic E-state index is -0.757. The standard InChI is InChI=1S/C12H17BrN2O3S/c1-12(16,8-19-2)7-14-6-9-3-4-10(15(17)18)5-11(9)13/h3-5,14,16H,6-8H2,1-2H3. The quantitative estimate of drug-likeness (QED) is 0.585. The van der Waals surface area contributed by atoms with Gasteiger partial charge < -0.3 is 10.4 Å². The van der Waals surface area contributed by atoms with E-state index in [-0.39, 0.29) is 5.69 Å². The summed E-state index contributed by atoms with van der Waals surface area (Å²) in [5.74, 6) is 0.654. The fraction of sp³-hybridized carbons (Fsp3) is 0.500. The third-order valence-electron chi connectivity index (χ3n) is 2.52. The van der Waals surface area contributed by atoms with Crippen LogP contribution in [-0.2, 0) is 6.54 Å². The number of nitrogens with one attached hydrogen (secondary N) is 1. The smallest absolute Gasteiger partial charge is 0.270 e. The normalized spacial score (nSPS) is 14.1. The molecule has 106 valence electrons. The molecular weight excluding hydrogens is 332 g/mol. The summed E-state index contributed by atoms with van der Waals surface area (Å²) < 4.78 is 0.693. The van der Waals surface area contributed by atoms with Crippen LogP contribution >= 0.6 is 27.7 Å². The minimum absolute atomic E-state index is 0.0602. The summed E-state index contributed by atoms with van der Waals surface area (Å²) in [5, 5.41) is 23.8. The predicted octanol–water partition coefficient (Wildman–Crippen LogP) is 2.56. The van der Waals surface area contributed by atoms with Crippen molar-refractivity contribution in [1.29, 1.82) is 0 Å². The molecule has 0 aromatic heterocycles. The van der Waals surface area contributed by atoms with Crippen molar-refractivity contribution in [3.63, 3.8) is 0 Å². The summed E-state index contributed by atoms with van der Waals surface area (Å²) in [6.45, 7) is 2.79. The Morgan fingerprint density at radius 1 is 1.58 bits per heavy atom. The van der Waals surface area contributed by atoms with Crippen molar-refractivity contribution < 1.29 is 10.0 Å². The van der Waals surface area contributed by atoms with Crippen LogP contribution < -0.4 is 5.32 Å². The topological polar surface area (TPSA) is 75.4 Å². The molecule has 0 spiro atoms. The van der Waals surface area contributed by atoms with Crippen LogP contribution in [0.2, 0.25) is 0 Å². The Kier molecular flexibility index (Phi) is 6.25. The molecule has 0 heterocycles. The molecule has 0 aliphatic heterocycles. The van der Waals surface area contributed by atoms with Crippen LogP contribution in [0.4, 0.5) is 5.69 Å². The lowest BCUT2D eigenvalue weighted by Crippen LogP contribution is -2.39. The highest BCUT2D eigenvalue weighted by Gasteiger charge is 2.19. The summed E-state index contributed by atoms with van der Waals surface area (Å²) >= 11 is 4.90. The average molecular weight is 349 g/mol. The van der Waals surface area contributed by atoms with Crippen LogP contribution in [0.5, 0.6) is 0 Å². The number of benzene rings is 1. The van der Waals surface area contributed by atoms with E-state index in [0.29, 0.717) is 23.3 Å². The number of rotatable bonds is 7. The number of nitrogens with zero attached hydrogens (tertiary/aromatic N) is 1. The van der Waals surface area contributed by atoms with Gasteiger partial charge in [0.2, 0.25) is 0 Å². The van der Waals surface area contributed by atoms with Gasteiger partial charge in [0.25, 0.3) is 5.69 Å². The van der Waals surface area contributed by atoms with E-state index in [1.165, 1.54) is 12.1 Å². The molecule has 0 amide bonds. The van der Waals surface area contributed by atoms with Gasteiger partial charge in [0.05, 0.1) is 10.5 Å². The number of nitro benzene ring substituents is 1. The summed E-state index contributed by atoms with van der Waals surface area (Å²) in [4.78, 5) is 10.2. The number of aliphatic hydroxyl groups is 1. The van der Waals surface area contributed by atoms with Gasteiger partial charge in [0.1, 0.15) is 0 Å². The second-order valence-corrected chi connectivity index (χ2v) is 6.29. The molecule has 0 aliphatic rings. The molecule has 0 fully saturated rings. The molecule has 0 saturated heterocycles.